The number of benzene rings is 1. The zero-order chi connectivity index (χ0) is 14.4. The fourth-order valence-corrected chi connectivity index (χ4v) is 2.13. The molecule has 6 heteroatoms. The standard InChI is InChI=1S/C14H16N4O2/c15-11-12-4-5-13(18(19)20)10-14(12)16-6-9-17-7-2-1-3-8-17/h1-2,4-5,10,16H,3,6-9H2. The van der Waals surface area contributed by atoms with Crippen LogP contribution in [0.5, 0.6) is 0 Å². The van der Waals surface area contributed by atoms with Gasteiger partial charge >= 0.3 is 0 Å². The van der Waals surface area contributed by atoms with Crippen molar-refractivity contribution >= 4 is 11.4 Å². The van der Waals surface area contributed by atoms with E-state index in [0.717, 1.165) is 26.1 Å². The van der Waals surface area contributed by atoms with Crippen molar-refractivity contribution in [3.8, 4) is 6.07 Å². The number of hydrogen-bond donors (Lipinski definition) is 1. The Morgan fingerprint density at radius 3 is 2.95 bits per heavy atom. The van der Waals surface area contributed by atoms with Crippen LogP contribution in [0, 0.1) is 21.4 Å². The summed E-state index contributed by atoms with van der Waals surface area (Å²) in [7, 11) is 0. The maximum Gasteiger partial charge on any atom is 0.271 e. The zero-order valence-corrected chi connectivity index (χ0v) is 11.1. The van der Waals surface area contributed by atoms with Gasteiger partial charge in [0.25, 0.3) is 5.69 Å². The van der Waals surface area contributed by atoms with Crippen molar-refractivity contribution < 1.29 is 4.92 Å². The van der Waals surface area contributed by atoms with E-state index in [0.29, 0.717) is 17.8 Å². The van der Waals surface area contributed by atoms with E-state index in [2.05, 4.69) is 22.4 Å². The van der Waals surface area contributed by atoms with Crippen molar-refractivity contribution in [2.45, 2.75) is 6.42 Å². The van der Waals surface area contributed by atoms with E-state index in [1.807, 2.05) is 6.07 Å². The minimum atomic E-state index is -0.457. The minimum Gasteiger partial charge on any atom is -0.382 e. The van der Waals surface area contributed by atoms with Crippen molar-refractivity contribution in [2.24, 2.45) is 0 Å². The van der Waals surface area contributed by atoms with Gasteiger partial charge in [-0.2, -0.15) is 5.26 Å². The van der Waals surface area contributed by atoms with E-state index in [-0.39, 0.29) is 5.69 Å². The third-order valence-electron chi connectivity index (χ3n) is 3.22. The highest BCUT2D eigenvalue weighted by molar-refractivity contribution is 5.62. The molecule has 104 valence electrons. The molecular formula is C14H16N4O2. The van der Waals surface area contributed by atoms with Crippen molar-refractivity contribution in [3.63, 3.8) is 0 Å². The molecule has 0 spiro atoms. The average Bonchev–Trinajstić information content (AvgIpc) is 2.48. The monoisotopic (exact) mass is 272 g/mol. The van der Waals surface area contributed by atoms with Gasteiger partial charge in [0.05, 0.1) is 16.2 Å². The molecule has 1 aromatic carbocycles. The fourth-order valence-electron chi connectivity index (χ4n) is 2.13. The van der Waals surface area contributed by atoms with Gasteiger partial charge in [0, 0.05) is 38.3 Å². The molecular weight excluding hydrogens is 256 g/mol. The van der Waals surface area contributed by atoms with E-state index in [9.17, 15) is 10.1 Å². The predicted octanol–water partition coefficient (Wildman–Crippen LogP) is 2.14. The first-order valence-electron chi connectivity index (χ1n) is 6.50. The summed E-state index contributed by atoms with van der Waals surface area (Å²) >= 11 is 0. The summed E-state index contributed by atoms with van der Waals surface area (Å²) in [5, 5.41) is 22.9. The third-order valence-corrected chi connectivity index (χ3v) is 3.22. The first kappa shape index (κ1) is 14.0. The van der Waals surface area contributed by atoms with Gasteiger partial charge in [0.2, 0.25) is 0 Å². The number of nitrogens with one attached hydrogen (secondary N) is 1. The van der Waals surface area contributed by atoms with E-state index >= 15 is 0 Å². The van der Waals surface area contributed by atoms with Crippen molar-refractivity contribution in [1.29, 1.82) is 5.26 Å². The van der Waals surface area contributed by atoms with E-state index in [1.54, 1.807) is 0 Å². The number of nitriles is 1. The molecule has 1 aliphatic heterocycles. The quantitative estimate of drug-likeness (QED) is 0.504. The number of nitro groups is 1. The molecule has 0 saturated heterocycles. The number of nitro benzene ring substituents is 1. The molecule has 20 heavy (non-hydrogen) atoms. The van der Waals surface area contributed by atoms with Gasteiger partial charge in [0.1, 0.15) is 6.07 Å². The van der Waals surface area contributed by atoms with E-state index in [1.165, 1.54) is 18.2 Å². The van der Waals surface area contributed by atoms with Crippen LogP contribution in [-0.4, -0.2) is 36.0 Å². The zero-order valence-electron chi connectivity index (χ0n) is 11.1. The molecule has 0 amide bonds. The lowest BCUT2D eigenvalue weighted by atomic mass is 10.1. The summed E-state index contributed by atoms with van der Waals surface area (Å²) in [5.74, 6) is 0. The summed E-state index contributed by atoms with van der Waals surface area (Å²) < 4.78 is 0. The Labute approximate surface area is 117 Å². The lowest BCUT2D eigenvalue weighted by Crippen LogP contribution is -2.31. The van der Waals surface area contributed by atoms with Crippen LogP contribution in [0.1, 0.15) is 12.0 Å². The molecule has 1 N–H and O–H groups in total. The van der Waals surface area contributed by atoms with Gasteiger partial charge in [-0.3, -0.25) is 15.0 Å². The Morgan fingerprint density at radius 1 is 1.45 bits per heavy atom. The maximum absolute atomic E-state index is 10.8. The third kappa shape index (κ3) is 3.56. The summed E-state index contributed by atoms with van der Waals surface area (Å²) in [6.07, 6.45) is 5.36. The van der Waals surface area contributed by atoms with Crippen LogP contribution >= 0.6 is 0 Å². The second kappa shape index (κ2) is 6.68. The van der Waals surface area contributed by atoms with Gasteiger partial charge < -0.3 is 5.32 Å². The molecule has 2 rings (SSSR count). The Kier molecular flexibility index (Phi) is 4.69. The van der Waals surface area contributed by atoms with Crippen molar-refractivity contribution in [3.05, 3.63) is 46.0 Å². The highest BCUT2D eigenvalue weighted by Crippen LogP contribution is 2.21. The topological polar surface area (TPSA) is 82.2 Å². The second-order valence-electron chi connectivity index (χ2n) is 4.59. The summed E-state index contributed by atoms with van der Waals surface area (Å²) in [5.41, 5.74) is 0.941. The Hall–Kier alpha value is -2.39. The number of hydrogen-bond acceptors (Lipinski definition) is 5. The van der Waals surface area contributed by atoms with E-state index in [4.69, 9.17) is 5.26 Å². The van der Waals surface area contributed by atoms with Crippen LogP contribution in [0.4, 0.5) is 11.4 Å². The number of anilines is 1. The van der Waals surface area contributed by atoms with Crippen LogP contribution in [0.15, 0.2) is 30.4 Å². The molecule has 1 aliphatic rings. The summed E-state index contributed by atoms with van der Waals surface area (Å²) in [6, 6.07) is 6.27. The van der Waals surface area contributed by atoms with Crippen LogP contribution in [0.3, 0.4) is 0 Å². The highest BCUT2D eigenvalue weighted by atomic mass is 16.6. The lowest BCUT2D eigenvalue weighted by molar-refractivity contribution is -0.384. The van der Waals surface area contributed by atoms with Gasteiger partial charge in [-0.1, -0.05) is 12.2 Å². The highest BCUT2D eigenvalue weighted by Gasteiger charge is 2.11. The second-order valence-corrected chi connectivity index (χ2v) is 4.59. The molecule has 0 aliphatic carbocycles. The molecule has 0 atom stereocenters. The normalized spacial score (nSPS) is 14.8. The Morgan fingerprint density at radius 2 is 2.30 bits per heavy atom. The Bertz CT molecular complexity index is 563. The van der Waals surface area contributed by atoms with Crippen LogP contribution in [-0.2, 0) is 0 Å². The van der Waals surface area contributed by atoms with Crippen LogP contribution < -0.4 is 5.32 Å². The molecule has 0 bridgehead atoms. The largest absolute Gasteiger partial charge is 0.382 e. The molecule has 6 nitrogen and oxygen atoms in total. The Balaban J connectivity index is 1.97. The van der Waals surface area contributed by atoms with Gasteiger partial charge in [0.15, 0.2) is 0 Å². The maximum atomic E-state index is 10.8. The van der Waals surface area contributed by atoms with Crippen LogP contribution in [0.25, 0.3) is 0 Å². The summed E-state index contributed by atoms with van der Waals surface area (Å²) in [6.45, 7) is 3.46. The molecule has 0 aromatic heterocycles. The summed E-state index contributed by atoms with van der Waals surface area (Å²) in [4.78, 5) is 12.6. The predicted molar refractivity (Wildman–Crippen MR) is 76.5 cm³/mol. The molecule has 1 aromatic rings. The molecule has 0 unspecified atom stereocenters. The number of nitrogens with zero attached hydrogens (tertiary/aromatic N) is 3. The molecule has 0 radical (unpaired) electrons. The van der Waals surface area contributed by atoms with Gasteiger partial charge in [-0.15, -0.1) is 0 Å². The lowest BCUT2D eigenvalue weighted by Gasteiger charge is -2.23. The fraction of sp³-hybridized carbons (Fsp3) is 0.357. The van der Waals surface area contributed by atoms with Crippen molar-refractivity contribution in [2.75, 3.05) is 31.5 Å². The molecule has 0 fully saturated rings. The smallest absolute Gasteiger partial charge is 0.271 e. The molecule has 0 saturated carbocycles. The van der Waals surface area contributed by atoms with Crippen molar-refractivity contribution in [1.82, 2.24) is 4.90 Å². The van der Waals surface area contributed by atoms with Gasteiger partial charge in [-0.05, 0) is 12.5 Å². The number of rotatable bonds is 5. The van der Waals surface area contributed by atoms with Crippen LogP contribution in [0.2, 0.25) is 0 Å². The SMILES string of the molecule is N#Cc1ccc([N+](=O)[O-])cc1NCCN1CC=CCC1. The first-order chi connectivity index (χ1) is 9.70. The minimum absolute atomic E-state index is 0.00703. The average molecular weight is 272 g/mol. The molecule has 1 heterocycles. The van der Waals surface area contributed by atoms with E-state index < -0.39 is 4.92 Å². The number of non-ortho nitro benzene ring substituents is 1. The first-order valence-corrected chi connectivity index (χ1v) is 6.50. The van der Waals surface area contributed by atoms with Gasteiger partial charge in [-0.25, -0.2) is 0 Å².